The van der Waals surface area contributed by atoms with Crippen molar-refractivity contribution in [1.82, 2.24) is 9.88 Å². The van der Waals surface area contributed by atoms with Crippen LogP contribution in [0.1, 0.15) is 25.1 Å². The van der Waals surface area contributed by atoms with Crippen LogP contribution in [0, 0.1) is 12.8 Å². The summed E-state index contributed by atoms with van der Waals surface area (Å²) in [7, 11) is 1.67. The van der Waals surface area contributed by atoms with Crippen LogP contribution in [0.5, 0.6) is 0 Å². The van der Waals surface area contributed by atoms with Crippen LogP contribution in [0.25, 0.3) is 22.0 Å². The zero-order valence-corrected chi connectivity index (χ0v) is 17.8. The lowest BCUT2D eigenvalue weighted by molar-refractivity contribution is -0.131. The van der Waals surface area contributed by atoms with E-state index in [1.807, 2.05) is 48.2 Å². The average Bonchev–Trinajstić information content (AvgIpc) is 2.72. The van der Waals surface area contributed by atoms with E-state index in [4.69, 9.17) is 9.72 Å². The van der Waals surface area contributed by atoms with Gasteiger partial charge in [-0.3, -0.25) is 9.78 Å². The first kappa shape index (κ1) is 21.0. The van der Waals surface area contributed by atoms with Gasteiger partial charge in [-0.05, 0) is 35.6 Å². The van der Waals surface area contributed by atoms with Crippen LogP contribution in [0.3, 0.4) is 0 Å². The monoisotopic (exact) mass is 390 g/mol. The molecular formula is C25H30N2O2. The highest BCUT2D eigenvalue weighted by Gasteiger charge is 2.21. The Morgan fingerprint density at radius 2 is 1.76 bits per heavy atom. The molecule has 4 nitrogen and oxygen atoms in total. The molecule has 0 bridgehead atoms. The second-order valence-electron chi connectivity index (χ2n) is 7.84. The van der Waals surface area contributed by atoms with Gasteiger partial charge in [0.1, 0.15) is 0 Å². The minimum Gasteiger partial charge on any atom is -0.383 e. The number of carbonyl (C=O) groups is 1. The fourth-order valence-electron chi connectivity index (χ4n) is 3.75. The number of methoxy groups -OCH3 is 1. The Bertz CT molecular complexity index is 967. The second kappa shape index (κ2) is 9.66. The quantitative estimate of drug-likeness (QED) is 0.550. The number of nitrogens with zero attached hydrogens (tertiary/aromatic N) is 2. The number of aromatic nitrogens is 1. The highest BCUT2D eigenvalue weighted by Crippen LogP contribution is 2.33. The van der Waals surface area contributed by atoms with Crippen LogP contribution in [0.2, 0.25) is 0 Å². The van der Waals surface area contributed by atoms with Crippen molar-refractivity contribution in [3.63, 3.8) is 0 Å². The third kappa shape index (κ3) is 5.01. The Hall–Kier alpha value is -2.72. The van der Waals surface area contributed by atoms with Crippen LogP contribution >= 0.6 is 0 Å². The summed E-state index contributed by atoms with van der Waals surface area (Å²) < 4.78 is 5.22. The SMILES string of the molecule is COCCN(CC(C)C)C(=O)Cc1c(C)nc2ccccc2c1-c1ccccc1. The van der Waals surface area contributed by atoms with E-state index >= 15 is 0 Å². The molecule has 152 valence electrons. The first-order valence-corrected chi connectivity index (χ1v) is 10.2. The number of hydrogen-bond donors (Lipinski definition) is 0. The molecule has 3 rings (SSSR count). The smallest absolute Gasteiger partial charge is 0.227 e. The van der Waals surface area contributed by atoms with Crippen LogP contribution in [-0.4, -0.2) is 42.6 Å². The number of aryl methyl sites for hydroxylation is 1. The highest BCUT2D eigenvalue weighted by molar-refractivity contribution is 5.98. The fourth-order valence-corrected chi connectivity index (χ4v) is 3.75. The number of pyridine rings is 1. The molecule has 0 fully saturated rings. The summed E-state index contributed by atoms with van der Waals surface area (Å²) in [5.74, 6) is 0.522. The van der Waals surface area contributed by atoms with Gasteiger partial charge in [-0.1, -0.05) is 62.4 Å². The maximum Gasteiger partial charge on any atom is 0.227 e. The second-order valence-corrected chi connectivity index (χ2v) is 7.84. The zero-order chi connectivity index (χ0) is 20.8. The fraction of sp³-hybridized carbons (Fsp3) is 0.360. The lowest BCUT2D eigenvalue weighted by atomic mass is 9.92. The summed E-state index contributed by atoms with van der Waals surface area (Å²) >= 11 is 0. The molecule has 0 spiro atoms. The van der Waals surface area contributed by atoms with Crippen molar-refractivity contribution < 1.29 is 9.53 Å². The largest absolute Gasteiger partial charge is 0.383 e. The van der Waals surface area contributed by atoms with E-state index in [-0.39, 0.29) is 5.91 Å². The third-order valence-electron chi connectivity index (χ3n) is 5.09. The van der Waals surface area contributed by atoms with Crippen LogP contribution in [0.15, 0.2) is 54.6 Å². The maximum atomic E-state index is 13.3. The molecule has 0 aliphatic rings. The van der Waals surface area contributed by atoms with E-state index in [9.17, 15) is 4.79 Å². The standard InChI is InChI=1S/C25H30N2O2/c1-18(2)17-27(14-15-29-4)24(28)16-22-19(3)26-23-13-9-8-12-21(23)25(22)20-10-6-5-7-11-20/h5-13,18H,14-17H2,1-4H3. The summed E-state index contributed by atoms with van der Waals surface area (Å²) in [6.45, 7) is 8.14. The number of ether oxygens (including phenoxy) is 1. The number of amides is 1. The molecule has 0 aliphatic heterocycles. The molecule has 1 amide bonds. The van der Waals surface area contributed by atoms with E-state index in [0.717, 1.165) is 39.8 Å². The van der Waals surface area contributed by atoms with Crippen molar-refractivity contribution in [3.8, 4) is 11.1 Å². The van der Waals surface area contributed by atoms with Crippen LogP contribution in [-0.2, 0) is 16.0 Å². The number of benzene rings is 2. The van der Waals surface area contributed by atoms with Crippen molar-refractivity contribution in [2.75, 3.05) is 26.8 Å². The molecule has 1 heterocycles. The van der Waals surface area contributed by atoms with Gasteiger partial charge in [-0.15, -0.1) is 0 Å². The van der Waals surface area contributed by atoms with Gasteiger partial charge in [0.2, 0.25) is 5.91 Å². The first-order chi connectivity index (χ1) is 14.0. The molecule has 0 unspecified atom stereocenters. The molecule has 1 aromatic heterocycles. The predicted octanol–water partition coefficient (Wildman–Crippen LogP) is 4.88. The minimum atomic E-state index is 0.119. The summed E-state index contributed by atoms with van der Waals surface area (Å²) in [6, 6.07) is 18.4. The highest BCUT2D eigenvalue weighted by atomic mass is 16.5. The minimum absolute atomic E-state index is 0.119. The maximum absolute atomic E-state index is 13.3. The normalized spacial score (nSPS) is 11.2. The Morgan fingerprint density at radius 1 is 1.07 bits per heavy atom. The molecule has 29 heavy (non-hydrogen) atoms. The Morgan fingerprint density at radius 3 is 2.45 bits per heavy atom. The van der Waals surface area contributed by atoms with Crippen molar-refractivity contribution in [2.45, 2.75) is 27.2 Å². The van der Waals surface area contributed by atoms with Crippen molar-refractivity contribution in [2.24, 2.45) is 5.92 Å². The van der Waals surface area contributed by atoms with Gasteiger partial charge >= 0.3 is 0 Å². The molecule has 0 saturated carbocycles. The van der Waals surface area contributed by atoms with E-state index in [1.165, 1.54) is 0 Å². The molecule has 0 radical (unpaired) electrons. The molecule has 2 aromatic carbocycles. The molecule has 4 heteroatoms. The lowest BCUT2D eigenvalue weighted by Gasteiger charge is -2.25. The molecule has 0 N–H and O–H groups in total. The van der Waals surface area contributed by atoms with Crippen molar-refractivity contribution in [3.05, 3.63) is 65.9 Å². The summed E-state index contributed by atoms with van der Waals surface area (Å²) in [5, 5.41) is 1.08. The first-order valence-electron chi connectivity index (χ1n) is 10.2. The summed E-state index contributed by atoms with van der Waals surface area (Å²) in [5.41, 5.74) is 5.10. The summed E-state index contributed by atoms with van der Waals surface area (Å²) in [4.78, 5) is 20.0. The van der Waals surface area contributed by atoms with Crippen molar-refractivity contribution >= 4 is 16.8 Å². The molecule has 0 aliphatic carbocycles. The Kier molecular flexibility index (Phi) is 6.99. The van der Waals surface area contributed by atoms with Gasteiger partial charge in [0, 0.05) is 31.3 Å². The van der Waals surface area contributed by atoms with E-state index in [1.54, 1.807) is 7.11 Å². The van der Waals surface area contributed by atoms with Gasteiger partial charge in [-0.2, -0.15) is 0 Å². The number of rotatable bonds is 8. The van der Waals surface area contributed by atoms with Crippen molar-refractivity contribution in [1.29, 1.82) is 0 Å². The number of fused-ring (bicyclic) bond motifs is 1. The van der Waals surface area contributed by atoms with Gasteiger partial charge < -0.3 is 9.64 Å². The zero-order valence-electron chi connectivity index (χ0n) is 17.8. The number of para-hydroxylation sites is 1. The number of carbonyl (C=O) groups excluding carboxylic acids is 1. The lowest BCUT2D eigenvalue weighted by Crippen LogP contribution is -2.38. The Balaban J connectivity index is 2.06. The van der Waals surface area contributed by atoms with E-state index < -0.39 is 0 Å². The molecule has 0 saturated heterocycles. The van der Waals surface area contributed by atoms with Gasteiger partial charge in [0.25, 0.3) is 0 Å². The van der Waals surface area contributed by atoms with Gasteiger partial charge in [0.15, 0.2) is 0 Å². The predicted molar refractivity (Wildman–Crippen MR) is 119 cm³/mol. The van der Waals surface area contributed by atoms with Crippen LogP contribution in [0.4, 0.5) is 0 Å². The molecular weight excluding hydrogens is 360 g/mol. The van der Waals surface area contributed by atoms with Gasteiger partial charge in [0.05, 0.1) is 18.5 Å². The summed E-state index contributed by atoms with van der Waals surface area (Å²) in [6.07, 6.45) is 0.338. The third-order valence-corrected chi connectivity index (χ3v) is 5.09. The van der Waals surface area contributed by atoms with Crippen LogP contribution < -0.4 is 0 Å². The van der Waals surface area contributed by atoms with Gasteiger partial charge in [-0.25, -0.2) is 0 Å². The topological polar surface area (TPSA) is 42.4 Å². The molecule has 3 aromatic rings. The van der Waals surface area contributed by atoms with E-state index in [2.05, 4.69) is 32.0 Å². The number of hydrogen-bond acceptors (Lipinski definition) is 3. The molecule has 0 atom stereocenters. The Labute approximate surface area is 173 Å². The van der Waals surface area contributed by atoms with E-state index in [0.29, 0.717) is 25.5 Å². The average molecular weight is 391 g/mol.